The molecule has 0 heterocycles. The molecule has 12 heavy (non-hydrogen) atoms. The molecule has 0 bridgehead atoms. The number of carbonyl (C=O) groups is 1. The van der Waals surface area contributed by atoms with Gasteiger partial charge in [0, 0.05) is 13.0 Å². The zero-order valence-electron chi connectivity index (χ0n) is 8.74. The van der Waals surface area contributed by atoms with Crippen LogP contribution in [0, 0.1) is 5.41 Å². The molecule has 0 radical (unpaired) electrons. The van der Waals surface area contributed by atoms with Gasteiger partial charge >= 0.3 is 0 Å². The highest BCUT2D eigenvalue weighted by atomic mass is 16.1. The van der Waals surface area contributed by atoms with Crippen LogP contribution in [0.4, 0.5) is 0 Å². The minimum atomic E-state index is 0.152. The maximum absolute atomic E-state index is 11.0. The Bertz CT molecular complexity index is 141. The number of nitrogens with one attached hydrogen (secondary N) is 1. The van der Waals surface area contributed by atoms with Crippen molar-refractivity contribution in [3.63, 3.8) is 0 Å². The lowest BCUT2D eigenvalue weighted by Gasteiger charge is -2.24. The van der Waals surface area contributed by atoms with Gasteiger partial charge < -0.3 is 5.32 Å². The molecule has 2 nitrogen and oxygen atoms in total. The zero-order chi connectivity index (χ0) is 9.61. The summed E-state index contributed by atoms with van der Waals surface area (Å²) in [6, 6.07) is 0. The van der Waals surface area contributed by atoms with Gasteiger partial charge in [0.05, 0.1) is 0 Å². The fourth-order valence-electron chi connectivity index (χ4n) is 1.23. The lowest BCUT2D eigenvalue weighted by Crippen LogP contribution is -2.33. The standard InChI is InChI=1S/C10H21NO/c1-5-7-10(3,4)8-11-9(12)6-2/h5-8H2,1-4H3,(H,11,12). The minimum absolute atomic E-state index is 0.152. The Labute approximate surface area is 75.7 Å². The Balaban J connectivity index is 3.67. The number of carbonyl (C=O) groups excluding carboxylic acids is 1. The maximum atomic E-state index is 11.0. The molecule has 0 saturated carbocycles. The van der Waals surface area contributed by atoms with Gasteiger partial charge in [-0.15, -0.1) is 0 Å². The highest BCUT2D eigenvalue weighted by Crippen LogP contribution is 2.20. The first-order valence-corrected chi connectivity index (χ1v) is 4.78. The number of hydrogen-bond acceptors (Lipinski definition) is 1. The van der Waals surface area contributed by atoms with Gasteiger partial charge in [-0.05, 0) is 11.8 Å². The Hall–Kier alpha value is -0.530. The molecule has 0 saturated heterocycles. The lowest BCUT2D eigenvalue weighted by molar-refractivity contribution is -0.121. The second-order valence-electron chi connectivity index (χ2n) is 4.04. The normalized spacial score (nSPS) is 11.3. The molecule has 0 aromatic heterocycles. The number of rotatable bonds is 5. The van der Waals surface area contributed by atoms with E-state index >= 15 is 0 Å². The van der Waals surface area contributed by atoms with Crippen LogP contribution >= 0.6 is 0 Å². The van der Waals surface area contributed by atoms with E-state index < -0.39 is 0 Å². The molecule has 0 aliphatic rings. The molecule has 0 atom stereocenters. The van der Waals surface area contributed by atoms with Crippen LogP contribution in [0.3, 0.4) is 0 Å². The van der Waals surface area contributed by atoms with Gasteiger partial charge in [0.1, 0.15) is 0 Å². The van der Waals surface area contributed by atoms with Crippen molar-refractivity contribution in [1.82, 2.24) is 5.32 Å². The van der Waals surface area contributed by atoms with Crippen LogP contribution in [-0.2, 0) is 4.79 Å². The van der Waals surface area contributed by atoms with Gasteiger partial charge in [-0.25, -0.2) is 0 Å². The Morgan fingerprint density at radius 1 is 1.33 bits per heavy atom. The first-order valence-electron chi connectivity index (χ1n) is 4.78. The minimum Gasteiger partial charge on any atom is -0.356 e. The second-order valence-corrected chi connectivity index (χ2v) is 4.04. The molecule has 1 amide bonds. The van der Waals surface area contributed by atoms with E-state index in [-0.39, 0.29) is 11.3 Å². The van der Waals surface area contributed by atoms with E-state index in [1.54, 1.807) is 0 Å². The topological polar surface area (TPSA) is 29.1 Å². The molecule has 0 spiro atoms. The van der Waals surface area contributed by atoms with Crippen molar-refractivity contribution >= 4 is 5.91 Å². The van der Waals surface area contributed by atoms with Crippen molar-refractivity contribution in [3.05, 3.63) is 0 Å². The van der Waals surface area contributed by atoms with Gasteiger partial charge in [-0.1, -0.05) is 34.1 Å². The van der Waals surface area contributed by atoms with E-state index in [2.05, 4.69) is 26.1 Å². The predicted molar refractivity (Wildman–Crippen MR) is 52.0 cm³/mol. The van der Waals surface area contributed by atoms with Gasteiger partial charge in [0.25, 0.3) is 0 Å². The third kappa shape index (κ3) is 5.16. The average Bonchev–Trinajstić information content (AvgIpc) is 2.00. The largest absolute Gasteiger partial charge is 0.356 e. The Morgan fingerprint density at radius 2 is 1.92 bits per heavy atom. The van der Waals surface area contributed by atoms with Crippen LogP contribution < -0.4 is 5.32 Å². The molecule has 0 unspecified atom stereocenters. The molecule has 72 valence electrons. The molecule has 0 fully saturated rings. The fourth-order valence-corrected chi connectivity index (χ4v) is 1.23. The van der Waals surface area contributed by atoms with Crippen LogP contribution in [0.2, 0.25) is 0 Å². The molecule has 0 aromatic rings. The van der Waals surface area contributed by atoms with Gasteiger partial charge in [0.2, 0.25) is 5.91 Å². The molecule has 0 aromatic carbocycles. The molecule has 0 aliphatic carbocycles. The van der Waals surface area contributed by atoms with Crippen molar-refractivity contribution in [2.75, 3.05) is 6.54 Å². The van der Waals surface area contributed by atoms with Gasteiger partial charge in [0.15, 0.2) is 0 Å². The molecular formula is C10H21NO. The van der Waals surface area contributed by atoms with Crippen molar-refractivity contribution in [1.29, 1.82) is 0 Å². The summed E-state index contributed by atoms with van der Waals surface area (Å²) in [5.74, 6) is 0.152. The number of hydrogen-bond donors (Lipinski definition) is 1. The molecule has 1 N–H and O–H groups in total. The summed E-state index contributed by atoms with van der Waals surface area (Å²) in [5.41, 5.74) is 0.250. The van der Waals surface area contributed by atoms with Crippen molar-refractivity contribution < 1.29 is 4.79 Å². The first-order chi connectivity index (χ1) is 5.52. The summed E-state index contributed by atoms with van der Waals surface area (Å²) >= 11 is 0. The van der Waals surface area contributed by atoms with E-state index in [0.717, 1.165) is 13.0 Å². The summed E-state index contributed by atoms with van der Waals surface area (Å²) in [6.07, 6.45) is 2.92. The lowest BCUT2D eigenvalue weighted by atomic mass is 9.88. The molecule has 0 aliphatic heterocycles. The molecule has 0 rings (SSSR count). The summed E-state index contributed by atoms with van der Waals surface area (Å²) < 4.78 is 0. The second kappa shape index (κ2) is 5.18. The zero-order valence-corrected chi connectivity index (χ0v) is 8.74. The quantitative estimate of drug-likeness (QED) is 0.676. The summed E-state index contributed by atoms with van der Waals surface area (Å²) in [6.45, 7) is 9.22. The average molecular weight is 171 g/mol. The van der Waals surface area contributed by atoms with Crippen molar-refractivity contribution in [2.45, 2.75) is 47.0 Å². The third-order valence-corrected chi connectivity index (χ3v) is 2.01. The summed E-state index contributed by atoms with van der Waals surface area (Å²) in [7, 11) is 0. The fraction of sp³-hybridized carbons (Fsp3) is 0.900. The summed E-state index contributed by atoms with van der Waals surface area (Å²) in [4.78, 5) is 11.0. The van der Waals surface area contributed by atoms with E-state index in [4.69, 9.17) is 0 Å². The van der Waals surface area contributed by atoms with E-state index in [9.17, 15) is 4.79 Å². The highest BCUT2D eigenvalue weighted by molar-refractivity contribution is 5.75. The third-order valence-electron chi connectivity index (χ3n) is 2.01. The van der Waals surface area contributed by atoms with Gasteiger partial charge in [-0.3, -0.25) is 4.79 Å². The summed E-state index contributed by atoms with van der Waals surface area (Å²) in [5, 5.41) is 2.92. The van der Waals surface area contributed by atoms with Crippen LogP contribution in [0.25, 0.3) is 0 Å². The van der Waals surface area contributed by atoms with Crippen LogP contribution in [-0.4, -0.2) is 12.5 Å². The van der Waals surface area contributed by atoms with Crippen molar-refractivity contribution in [2.24, 2.45) is 5.41 Å². The Kier molecular flexibility index (Phi) is 4.95. The van der Waals surface area contributed by atoms with Crippen molar-refractivity contribution in [3.8, 4) is 0 Å². The monoisotopic (exact) mass is 171 g/mol. The highest BCUT2D eigenvalue weighted by Gasteiger charge is 2.16. The Morgan fingerprint density at radius 3 is 2.33 bits per heavy atom. The first kappa shape index (κ1) is 11.5. The van der Waals surface area contributed by atoms with Gasteiger partial charge in [-0.2, -0.15) is 0 Å². The van der Waals surface area contributed by atoms with E-state index in [0.29, 0.717) is 6.42 Å². The smallest absolute Gasteiger partial charge is 0.219 e. The van der Waals surface area contributed by atoms with E-state index in [1.165, 1.54) is 6.42 Å². The van der Waals surface area contributed by atoms with Crippen LogP contribution in [0.5, 0.6) is 0 Å². The SMILES string of the molecule is CCCC(C)(C)CNC(=O)CC. The molecule has 2 heteroatoms. The molecular weight excluding hydrogens is 150 g/mol. The number of amides is 1. The van der Waals surface area contributed by atoms with Crippen LogP contribution in [0.1, 0.15) is 47.0 Å². The predicted octanol–water partition coefficient (Wildman–Crippen LogP) is 2.34. The maximum Gasteiger partial charge on any atom is 0.219 e. The van der Waals surface area contributed by atoms with Crippen LogP contribution in [0.15, 0.2) is 0 Å². The van der Waals surface area contributed by atoms with E-state index in [1.807, 2.05) is 6.92 Å².